The van der Waals surface area contributed by atoms with Gasteiger partial charge in [-0.25, -0.2) is 0 Å². The molecular weight excluding hydrogens is 280 g/mol. The van der Waals surface area contributed by atoms with Crippen LogP contribution in [0.25, 0.3) is 0 Å². The van der Waals surface area contributed by atoms with Gasteiger partial charge in [0.25, 0.3) is 0 Å². The average Bonchev–Trinajstić information content (AvgIpc) is 2.28. The van der Waals surface area contributed by atoms with E-state index >= 15 is 0 Å². The van der Waals surface area contributed by atoms with Crippen molar-refractivity contribution in [3.8, 4) is 0 Å². The Kier molecular flexibility index (Phi) is 9.12. The maximum atomic E-state index is 11.9. The van der Waals surface area contributed by atoms with Crippen molar-refractivity contribution in [1.82, 2.24) is 5.32 Å². The van der Waals surface area contributed by atoms with E-state index in [2.05, 4.69) is 19.2 Å². The third kappa shape index (κ3) is 6.37. The summed E-state index contributed by atoms with van der Waals surface area (Å²) in [6.45, 7) is 5.33. The van der Waals surface area contributed by atoms with Crippen LogP contribution in [0.5, 0.6) is 0 Å². The lowest BCUT2D eigenvalue weighted by molar-refractivity contribution is -0.123. The fourth-order valence-corrected chi connectivity index (χ4v) is 3.27. The van der Waals surface area contributed by atoms with Crippen LogP contribution in [0.1, 0.15) is 46.0 Å². The van der Waals surface area contributed by atoms with Crippen LogP contribution in [-0.2, 0) is 4.79 Å². The van der Waals surface area contributed by atoms with Gasteiger partial charge in [0.05, 0.1) is 6.04 Å². The predicted octanol–water partition coefficient (Wildman–Crippen LogP) is 2.82. The zero-order chi connectivity index (χ0) is 13.6. The Morgan fingerprint density at radius 3 is 2.47 bits per heavy atom. The molecule has 0 heterocycles. The van der Waals surface area contributed by atoms with Gasteiger partial charge in [-0.15, -0.1) is 12.4 Å². The Hall–Kier alpha value is 0.0700. The number of nitrogens with one attached hydrogen (secondary N) is 1. The Labute approximate surface area is 128 Å². The summed E-state index contributed by atoms with van der Waals surface area (Å²) in [5.74, 6) is 1.68. The number of carbonyl (C=O) groups is 1. The van der Waals surface area contributed by atoms with Gasteiger partial charge in [-0.05, 0) is 49.0 Å². The van der Waals surface area contributed by atoms with Crippen molar-refractivity contribution in [2.45, 2.75) is 52.0 Å². The number of thioether (sulfide) groups is 1. The van der Waals surface area contributed by atoms with E-state index in [-0.39, 0.29) is 24.4 Å². The van der Waals surface area contributed by atoms with Crippen molar-refractivity contribution >= 4 is 30.1 Å². The molecule has 1 saturated carbocycles. The molecule has 0 saturated heterocycles. The zero-order valence-electron chi connectivity index (χ0n) is 12.4. The first-order chi connectivity index (χ1) is 8.49. The third-order valence-corrected chi connectivity index (χ3v) is 4.51. The van der Waals surface area contributed by atoms with E-state index in [1.165, 1.54) is 25.7 Å². The van der Waals surface area contributed by atoms with Gasteiger partial charge in [0.2, 0.25) is 5.91 Å². The molecule has 3 nitrogen and oxygen atoms in total. The molecule has 1 atom stereocenters. The summed E-state index contributed by atoms with van der Waals surface area (Å²) in [5, 5.41) is 3.07. The highest BCUT2D eigenvalue weighted by atomic mass is 35.5. The van der Waals surface area contributed by atoms with Crippen LogP contribution in [-0.4, -0.2) is 30.5 Å². The molecular formula is C14H29ClN2OS. The first-order valence-electron chi connectivity index (χ1n) is 7.01. The van der Waals surface area contributed by atoms with Gasteiger partial charge in [0.1, 0.15) is 0 Å². The minimum atomic E-state index is -0.339. The summed E-state index contributed by atoms with van der Waals surface area (Å²) >= 11 is 1.74. The van der Waals surface area contributed by atoms with E-state index in [1.807, 2.05) is 6.26 Å². The fourth-order valence-electron chi connectivity index (χ4n) is 2.78. The molecule has 1 aliphatic carbocycles. The maximum absolute atomic E-state index is 11.9. The summed E-state index contributed by atoms with van der Waals surface area (Å²) in [6.07, 6.45) is 7.84. The van der Waals surface area contributed by atoms with E-state index in [9.17, 15) is 4.79 Å². The highest BCUT2D eigenvalue weighted by molar-refractivity contribution is 7.98. The Morgan fingerprint density at radius 1 is 1.42 bits per heavy atom. The van der Waals surface area contributed by atoms with Crippen molar-refractivity contribution in [2.75, 3.05) is 18.6 Å². The lowest BCUT2D eigenvalue weighted by Gasteiger charge is -2.43. The molecule has 19 heavy (non-hydrogen) atoms. The molecule has 1 amide bonds. The van der Waals surface area contributed by atoms with Crippen LogP contribution >= 0.6 is 24.2 Å². The van der Waals surface area contributed by atoms with E-state index in [0.29, 0.717) is 11.3 Å². The topological polar surface area (TPSA) is 55.1 Å². The van der Waals surface area contributed by atoms with Crippen molar-refractivity contribution < 1.29 is 4.79 Å². The molecule has 0 aromatic carbocycles. The molecule has 3 N–H and O–H groups in total. The predicted molar refractivity (Wildman–Crippen MR) is 87.0 cm³/mol. The normalized spacial score (nSPS) is 18.4. The van der Waals surface area contributed by atoms with Gasteiger partial charge in [0, 0.05) is 6.54 Å². The van der Waals surface area contributed by atoms with Gasteiger partial charge < -0.3 is 11.1 Å². The van der Waals surface area contributed by atoms with Crippen molar-refractivity contribution in [2.24, 2.45) is 17.1 Å². The number of carbonyl (C=O) groups excluding carboxylic acids is 1. The van der Waals surface area contributed by atoms with Crippen LogP contribution in [0.4, 0.5) is 0 Å². The smallest absolute Gasteiger partial charge is 0.236 e. The van der Waals surface area contributed by atoms with E-state index in [4.69, 9.17) is 5.73 Å². The molecule has 0 aromatic rings. The molecule has 1 fully saturated rings. The number of hydrogen-bond acceptors (Lipinski definition) is 3. The van der Waals surface area contributed by atoms with Gasteiger partial charge >= 0.3 is 0 Å². The standard InChI is InChI=1S/C14H28N2OS.ClH/c1-11(2)9-14(6-4-7-14)10-16-13(17)12(15)5-8-18-3;/h11-12H,4-10,15H2,1-3H3,(H,16,17);1H/t12-;/m0./s1. The largest absolute Gasteiger partial charge is 0.354 e. The molecule has 0 aliphatic heterocycles. The fraction of sp³-hybridized carbons (Fsp3) is 0.929. The molecule has 0 spiro atoms. The summed E-state index contributed by atoms with van der Waals surface area (Å²) < 4.78 is 0. The lowest BCUT2D eigenvalue weighted by Crippen LogP contribution is -2.48. The van der Waals surface area contributed by atoms with Gasteiger partial charge in [0.15, 0.2) is 0 Å². The zero-order valence-corrected chi connectivity index (χ0v) is 14.0. The second kappa shape index (κ2) is 9.09. The number of rotatable bonds is 8. The van der Waals surface area contributed by atoms with Crippen LogP contribution in [0.3, 0.4) is 0 Å². The van der Waals surface area contributed by atoms with Gasteiger partial charge in [-0.2, -0.15) is 11.8 Å². The number of nitrogens with two attached hydrogens (primary N) is 1. The second-order valence-electron chi connectivity index (χ2n) is 6.06. The van der Waals surface area contributed by atoms with Crippen LogP contribution in [0, 0.1) is 11.3 Å². The molecule has 0 aromatic heterocycles. The average molecular weight is 309 g/mol. The number of halogens is 1. The molecule has 1 aliphatic rings. The minimum absolute atomic E-state index is 0. The Balaban J connectivity index is 0.00000324. The molecule has 0 unspecified atom stereocenters. The maximum Gasteiger partial charge on any atom is 0.236 e. The first-order valence-corrected chi connectivity index (χ1v) is 8.41. The molecule has 114 valence electrons. The second-order valence-corrected chi connectivity index (χ2v) is 7.04. The summed E-state index contributed by atoms with van der Waals surface area (Å²) in [6, 6.07) is -0.339. The summed E-state index contributed by atoms with van der Waals surface area (Å²) in [5.41, 5.74) is 6.23. The van der Waals surface area contributed by atoms with Gasteiger partial charge in [-0.1, -0.05) is 20.3 Å². The van der Waals surface area contributed by atoms with Gasteiger partial charge in [-0.3, -0.25) is 4.79 Å². The van der Waals surface area contributed by atoms with E-state index in [0.717, 1.165) is 18.7 Å². The van der Waals surface area contributed by atoms with Crippen LogP contribution < -0.4 is 11.1 Å². The quantitative estimate of drug-likeness (QED) is 0.725. The van der Waals surface area contributed by atoms with Crippen LogP contribution in [0.15, 0.2) is 0 Å². The van der Waals surface area contributed by atoms with E-state index < -0.39 is 0 Å². The minimum Gasteiger partial charge on any atom is -0.354 e. The van der Waals surface area contributed by atoms with Crippen LogP contribution in [0.2, 0.25) is 0 Å². The summed E-state index contributed by atoms with van der Waals surface area (Å²) in [7, 11) is 0. The third-order valence-electron chi connectivity index (χ3n) is 3.86. The number of hydrogen-bond donors (Lipinski definition) is 2. The van der Waals surface area contributed by atoms with Crippen molar-refractivity contribution in [3.05, 3.63) is 0 Å². The van der Waals surface area contributed by atoms with Crippen molar-refractivity contribution in [1.29, 1.82) is 0 Å². The Bertz CT molecular complexity index is 270. The highest BCUT2D eigenvalue weighted by Gasteiger charge is 2.37. The summed E-state index contributed by atoms with van der Waals surface area (Å²) in [4.78, 5) is 11.9. The lowest BCUT2D eigenvalue weighted by atomic mass is 9.64. The molecule has 5 heteroatoms. The SMILES string of the molecule is CSCC[C@H](N)C(=O)NCC1(CC(C)C)CCC1.Cl. The Morgan fingerprint density at radius 2 is 2.05 bits per heavy atom. The number of amides is 1. The highest BCUT2D eigenvalue weighted by Crippen LogP contribution is 2.45. The monoisotopic (exact) mass is 308 g/mol. The van der Waals surface area contributed by atoms with E-state index in [1.54, 1.807) is 11.8 Å². The first kappa shape index (κ1) is 19.1. The molecule has 1 rings (SSSR count). The molecule has 0 radical (unpaired) electrons. The van der Waals surface area contributed by atoms with Crippen molar-refractivity contribution in [3.63, 3.8) is 0 Å². The molecule has 0 bridgehead atoms.